The number of hydrogen-bond acceptors (Lipinski definition) is 2. The molecule has 0 atom stereocenters. The van der Waals surface area contributed by atoms with Crippen molar-refractivity contribution < 1.29 is 14.0 Å². The maximum Gasteiger partial charge on any atom is 0.228 e. The second-order valence-corrected chi connectivity index (χ2v) is 5.57. The summed E-state index contributed by atoms with van der Waals surface area (Å²) in [7, 11) is 1.70. The fourth-order valence-corrected chi connectivity index (χ4v) is 2.37. The average Bonchev–Trinajstić information content (AvgIpc) is 2.59. The molecule has 2 amide bonds. The van der Waals surface area contributed by atoms with Crippen LogP contribution in [0.15, 0.2) is 54.6 Å². The van der Waals surface area contributed by atoms with Crippen LogP contribution in [0.25, 0.3) is 0 Å². The van der Waals surface area contributed by atoms with E-state index in [9.17, 15) is 14.0 Å². The van der Waals surface area contributed by atoms with Crippen LogP contribution in [0.1, 0.15) is 18.9 Å². The largest absolute Gasteiger partial charge is 0.338 e. The smallest absolute Gasteiger partial charge is 0.228 e. The van der Waals surface area contributed by atoms with Gasteiger partial charge in [0.25, 0.3) is 0 Å². The lowest BCUT2D eigenvalue weighted by Crippen LogP contribution is -2.34. The number of halogens is 1. The van der Waals surface area contributed by atoms with Crippen molar-refractivity contribution in [3.63, 3.8) is 0 Å². The number of nitrogens with zero attached hydrogens (tertiary/aromatic N) is 2. The van der Waals surface area contributed by atoms with Crippen LogP contribution in [0, 0.1) is 5.82 Å². The van der Waals surface area contributed by atoms with Crippen LogP contribution in [0.4, 0.5) is 10.1 Å². The minimum absolute atomic E-state index is 0.0963. The molecule has 0 spiro atoms. The van der Waals surface area contributed by atoms with Crippen molar-refractivity contribution in [2.75, 3.05) is 18.5 Å². The second-order valence-electron chi connectivity index (χ2n) is 5.57. The highest BCUT2D eigenvalue weighted by molar-refractivity contribution is 5.93. The summed E-state index contributed by atoms with van der Waals surface area (Å²) in [5.74, 6) is -0.633. The second kappa shape index (κ2) is 8.24. The number of anilines is 1. The molecule has 2 rings (SSSR count). The minimum Gasteiger partial charge on any atom is -0.338 e. The molecule has 0 aromatic heterocycles. The van der Waals surface area contributed by atoms with E-state index in [0.29, 0.717) is 5.56 Å². The zero-order chi connectivity index (χ0) is 17.5. The molecule has 0 saturated heterocycles. The zero-order valence-corrected chi connectivity index (χ0v) is 13.9. The summed E-state index contributed by atoms with van der Waals surface area (Å²) in [4.78, 5) is 27.1. The van der Waals surface area contributed by atoms with Crippen LogP contribution in [0.2, 0.25) is 0 Å². The number of rotatable bonds is 6. The first-order valence-corrected chi connectivity index (χ1v) is 7.79. The van der Waals surface area contributed by atoms with Gasteiger partial charge in [0.15, 0.2) is 0 Å². The highest BCUT2D eigenvalue weighted by Crippen LogP contribution is 2.14. The summed E-state index contributed by atoms with van der Waals surface area (Å²) in [6.45, 7) is 1.83. The Hall–Kier alpha value is -2.69. The molecular formula is C19H21FN2O2. The summed E-state index contributed by atoms with van der Waals surface area (Å²) in [6, 6.07) is 15.6. The summed E-state index contributed by atoms with van der Waals surface area (Å²) in [5.41, 5.74) is 1.24. The van der Waals surface area contributed by atoms with Crippen molar-refractivity contribution in [3.05, 3.63) is 66.0 Å². The average molecular weight is 328 g/mol. The molecule has 0 saturated carbocycles. The summed E-state index contributed by atoms with van der Waals surface area (Å²) >= 11 is 0. The number of benzene rings is 2. The maximum absolute atomic E-state index is 13.7. The molecule has 5 heteroatoms. The van der Waals surface area contributed by atoms with Crippen molar-refractivity contribution in [1.29, 1.82) is 0 Å². The number of carbonyl (C=O) groups excluding carboxylic acids is 2. The fraction of sp³-hybridized carbons (Fsp3) is 0.263. The molecule has 0 fully saturated rings. The third-order valence-corrected chi connectivity index (χ3v) is 3.88. The van der Waals surface area contributed by atoms with Gasteiger partial charge in [-0.15, -0.1) is 0 Å². The Balaban J connectivity index is 1.97. The minimum atomic E-state index is -0.350. The Morgan fingerprint density at radius 2 is 1.62 bits per heavy atom. The first kappa shape index (κ1) is 17.7. The van der Waals surface area contributed by atoms with Crippen LogP contribution in [0.3, 0.4) is 0 Å². The van der Waals surface area contributed by atoms with Crippen LogP contribution in [-0.2, 0) is 16.1 Å². The van der Waals surface area contributed by atoms with E-state index in [1.807, 2.05) is 30.3 Å². The maximum atomic E-state index is 13.7. The van der Waals surface area contributed by atoms with Gasteiger partial charge in [0, 0.05) is 44.7 Å². The third kappa shape index (κ3) is 4.65. The van der Waals surface area contributed by atoms with Crippen LogP contribution < -0.4 is 4.90 Å². The monoisotopic (exact) mass is 328 g/mol. The zero-order valence-electron chi connectivity index (χ0n) is 13.9. The lowest BCUT2D eigenvalue weighted by Gasteiger charge is -2.23. The Labute approximate surface area is 141 Å². The van der Waals surface area contributed by atoms with Gasteiger partial charge in [0.05, 0.1) is 0 Å². The number of carbonyl (C=O) groups is 2. The Bertz CT molecular complexity index is 704. The quantitative estimate of drug-likeness (QED) is 0.817. The Morgan fingerprint density at radius 3 is 2.25 bits per heavy atom. The molecular weight excluding hydrogens is 307 g/mol. The van der Waals surface area contributed by atoms with E-state index in [-0.39, 0.29) is 37.1 Å². The Morgan fingerprint density at radius 1 is 1.00 bits per heavy atom. The molecule has 2 aromatic rings. The first-order chi connectivity index (χ1) is 11.5. The van der Waals surface area contributed by atoms with Gasteiger partial charge in [-0.25, -0.2) is 4.39 Å². The lowest BCUT2D eigenvalue weighted by atomic mass is 10.2. The molecule has 0 heterocycles. The summed E-state index contributed by atoms with van der Waals surface area (Å²) in [6.07, 6.45) is 0.180. The van der Waals surface area contributed by atoms with E-state index in [1.165, 1.54) is 17.9 Å². The number of amides is 2. The Kier molecular flexibility index (Phi) is 6.07. The summed E-state index contributed by atoms with van der Waals surface area (Å²) in [5, 5.41) is 0. The van der Waals surface area contributed by atoms with Gasteiger partial charge >= 0.3 is 0 Å². The lowest BCUT2D eigenvalue weighted by molar-refractivity contribution is -0.130. The van der Waals surface area contributed by atoms with E-state index in [2.05, 4.69) is 0 Å². The molecule has 0 aliphatic heterocycles. The topological polar surface area (TPSA) is 40.6 Å². The predicted octanol–water partition coefficient (Wildman–Crippen LogP) is 3.23. The SMILES string of the molecule is CC(=O)N(CCC(=O)N(C)c1ccccc1)Cc1ccccc1F. The van der Waals surface area contributed by atoms with Gasteiger partial charge in [-0.05, 0) is 18.2 Å². The standard InChI is InChI=1S/C19H21FN2O2/c1-15(23)22(14-16-8-6-7-11-18(16)20)13-12-19(24)21(2)17-9-4-3-5-10-17/h3-11H,12-14H2,1-2H3. The van der Waals surface area contributed by atoms with Gasteiger partial charge in [-0.1, -0.05) is 36.4 Å². The van der Waals surface area contributed by atoms with Crippen molar-refractivity contribution in [2.24, 2.45) is 0 Å². The van der Waals surface area contributed by atoms with Crippen LogP contribution in [-0.4, -0.2) is 30.3 Å². The van der Waals surface area contributed by atoms with Gasteiger partial charge in [-0.2, -0.15) is 0 Å². The number of para-hydroxylation sites is 1. The van der Waals surface area contributed by atoms with Crippen molar-refractivity contribution in [3.8, 4) is 0 Å². The molecule has 4 nitrogen and oxygen atoms in total. The van der Waals surface area contributed by atoms with Crippen LogP contribution >= 0.6 is 0 Å². The van der Waals surface area contributed by atoms with Crippen molar-refractivity contribution in [1.82, 2.24) is 4.90 Å². The third-order valence-electron chi connectivity index (χ3n) is 3.88. The van der Waals surface area contributed by atoms with Crippen LogP contribution in [0.5, 0.6) is 0 Å². The van der Waals surface area contributed by atoms with E-state index < -0.39 is 0 Å². The van der Waals surface area contributed by atoms with E-state index >= 15 is 0 Å². The molecule has 0 unspecified atom stereocenters. The van der Waals surface area contributed by atoms with Crippen molar-refractivity contribution in [2.45, 2.75) is 19.9 Å². The first-order valence-electron chi connectivity index (χ1n) is 7.79. The fourth-order valence-electron chi connectivity index (χ4n) is 2.37. The number of hydrogen-bond donors (Lipinski definition) is 0. The summed E-state index contributed by atoms with van der Waals surface area (Å²) < 4.78 is 13.7. The van der Waals surface area contributed by atoms with E-state index in [4.69, 9.17) is 0 Å². The highest BCUT2D eigenvalue weighted by Gasteiger charge is 2.16. The molecule has 126 valence electrons. The molecule has 0 bridgehead atoms. The van der Waals surface area contributed by atoms with E-state index in [1.54, 1.807) is 30.1 Å². The van der Waals surface area contributed by atoms with Gasteiger partial charge in [0.1, 0.15) is 5.82 Å². The predicted molar refractivity (Wildman–Crippen MR) is 92.0 cm³/mol. The molecule has 0 aliphatic carbocycles. The molecule has 0 N–H and O–H groups in total. The van der Waals surface area contributed by atoms with Gasteiger partial charge < -0.3 is 9.80 Å². The van der Waals surface area contributed by atoms with E-state index in [0.717, 1.165) is 5.69 Å². The molecule has 0 aliphatic rings. The molecule has 24 heavy (non-hydrogen) atoms. The highest BCUT2D eigenvalue weighted by atomic mass is 19.1. The molecule has 2 aromatic carbocycles. The molecule has 0 radical (unpaired) electrons. The van der Waals surface area contributed by atoms with Gasteiger partial charge in [-0.3, -0.25) is 9.59 Å². The van der Waals surface area contributed by atoms with Crippen molar-refractivity contribution >= 4 is 17.5 Å². The normalized spacial score (nSPS) is 10.3. The van der Waals surface area contributed by atoms with Gasteiger partial charge in [0.2, 0.25) is 11.8 Å².